The summed E-state index contributed by atoms with van der Waals surface area (Å²) in [5.41, 5.74) is 4.99. The molecule has 0 unspecified atom stereocenters. The van der Waals surface area contributed by atoms with Gasteiger partial charge in [0.25, 0.3) is 0 Å². The number of anilines is 1. The second-order valence-electron chi connectivity index (χ2n) is 4.91. The van der Waals surface area contributed by atoms with Crippen LogP contribution in [-0.2, 0) is 10.3 Å². The summed E-state index contributed by atoms with van der Waals surface area (Å²) in [4.78, 5) is 19.9. The molecule has 22 heavy (non-hydrogen) atoms. The molecule has 2 heterocycles. The number of nitrogen functional groups attached to an aromatic ring is 1. The Labute approximate surface area is 130 Å². The largest absolute Gasteiger partial charge is 0.479 e. The van der Waals surface area contributed by atoms with Crippen molar-refractivity contribution in [1.29, 1.82) is 0 Å². The molecule has 3 N–H and O–H groups in total. The average molecular weight is 318 g/mol. The van der Waals surface area contributed by atoms with Gasteiger partial charge in [-0.05, 0) is 12.5 Å². The predicted octanol–water partition coefficient (Wildman–Crippen LogP) is 1.91. The van der Waals surface area contributed by atoms with Gasteiger partial charge in [-0.3, -0.25) is 0 Å². The first-order valence-electron chi connectivity index (χ1n) is 6.40. The van der Waals surface area contributed by atoms with Gasteiger partial charge in [0.1, 0.15) is 5.15 Å². The molecule has 0 radical (unpaired) electrons. The lowest BCUT2D eigenvalue weighted by molar-refractivity contribution is -0.144. The smallest absolute Gasteiger partial charge is 0.336 e. The minimum Gasteiger partial charge on any atom is -0.479 e. The number of hydrogen-bond donors (Lipinski definition) is 2. The number of hydrogen-bond acceptors (Lipinski definition) is 5. The number of rotatable bonds is 3. The van der Waals surface area contributed by atoms with Crippen molar-refractivity contribution in [3.63, 3.8) is 0 Å². The summed E-state index contributed by atoms with van der Waals surface area (Å²) in [6, 6.07) is 8.77. The Kier molecular flexibility index (Phi) is 3.22. The Hall–Kier alpha value is -2.67. The quantitative estimate of drug-likeness (QED) is 0.714. The lowest BCUT2D eigenvalue weighted by Gasteiger charge is -2.26. The number of nitrogens with two attached hydrogens (primary N) is 1. The second kappa shape index (κ2) is 4.96. The van der Waals surface area contributed by atoms with Crippen molar-refractivity contribution in [3.8, 4) is 0 Å². The topological polar surface area (TPSA) is 107 Å². The molecular formula is C14H12ClN5O2. The van der Waals surface area contributed by atoms with Gasteiger partial charge in [0.15, 0.2) is 11.2 Å². The molecule has 1 aromatic carbocycles. The molecule has 2 aromatic heterocycles. The van der Waals surface area contributed by atoms with E-state index < -0.39 is 11.5 Å². The summed E-state index contributed by atoms with van der Waals surface area (Å²) in [5, 5.41) is 14.5. The van der Waals surface area contributed by atoms with Crippen molar-refractivity contribution in [3.05, 3.63) is 47.2 Å². The number of nitrogens with zero attached hydrogens (tertiary/aromatic N) is 4. The maximum absolute atomic E-state index is 12.0. The molecule has 0 saturated heterocycles. The fraction of sp³-hybridized carbons (Fsp3) is 0.143. The first kappa shape index (κ1) is 14.3. The van der Waals surface area contributed by atoms with E-state index in [9.17, 15) is 9.90 Å². The van der Waals surface area contributed by atoms with Crippen LogP contribution >= 0.6 is 11.6 Å². The van der Waals surface area contributed by atoms with E-state index in [0.29, 0.717) is 10.9 Å². The molecule has 0 fully saturated rings. The normalized spacial score (nSPS) is 13.9. The summed E-state index contributed by atoms with van der Waals surface area (Å²) < 4.78 is 1.30. The highest BCUT2D eigenvalue weighted by Crippen LogP contribution is 2.31. The molecule has 0 aliphatic rings. The van der Waals surface area contributed by atoms with Gasteiger partial charge < -0.3 is 10.8 Å². The van der Waals surface area contributed by atoms with Crippen molar-refractivity contribution in [2.24, 2.45) is 0 Å². The molecule has 0 aliphatic heterocycles. The number of halogens is 1. The first-order valence-corrected chi connectivity index (χ1v) is 6.78. The summed E-state index contributed by atoms with van der Waals surface area (Å²) in [5.74, 6) is -1.11. The zero-order chi connectivity index (χ0) is 15.9. The molecule has 7 nitrogen and oxygen atoms in total. The van der Waals surface area contributed by atoms with Gasteiger partial charge in [-0.15, -0.1) is 0 Å². The van der Waals surface area contributed by atoms with Gasteiger partial charge in [-0.25, -0.2) is 14.5 Å². The number of carboxylic acids is 1. The van der Waals surface area contributed by atoms with E-state index in [4.69, 9.17) is 17.3 Å². The molecule has 0 spiro atoms. The summed E-state index contributed by atoms with van der Waals surface area (Å²) in [7, 11) is 0. The van der Waals surface area contributed by atoms with Gasteiger partial charge in [-0.2, -0.15) is 10.1 Å². The maximum Gasteiger partial charge on any atom is 0.336 e. The molecule has 3 aromatic rings. The molecule has 112 valence electrons. The van der Waals surface area contributed by atoms with Crippen LogP contribution < -0.4 is 5.73 Å². The molecular weight excluding hydrogens is 306 g/mol. The minimum absolute atomic E-state index is 0.0416. The van der Waals surface area contributed by atoms with E-state index in [1.54, 1.807) is 31.2 Å². The first-order chi connectivity index (χ1) is 10.4. The van der Waals surface area contributed by atoms with Crippen LogP contribution in [0.5, 0.6) is 0 Å². The van der Waals surface area contributed by atoms with Gasteiger partial charge in [0.05, 0.1) is 11.6 Å². The van der Waals surface area contributed by atoms with Gasteiger partial charge >= 0.3 is 5.97 Å². The number of fused-ring (bicyclic) bond motifs is 1. The van der Waals surface area contributed by atoms with Crippen LogP contribution in [0.15, 0.2) is 36.5 Å². The van der Waals surface area contributed by atoms with E-state index in [0.717, 1.165) is 0 Å². The molecule has 8 heteroatoms. The van der Waals surface area contributed by atoms with E-state index in [2.05, 4.69) is 15.1 Å². The maximum atomic E-state index is 12.0. The predicted molar refractivity (Wildman–Crippen MR) is 81.6 cm³/mol. The monoisotopic (exact) mass is 317 g/mol. The number of aliphatic carboxylic acids is 1. The van der Waals surface area contributed by atoms with Crippen LogP contribution in [-0.4, -0.2) is 30.8 Å². The lowest BCUT2D eigenvalue weighted by atomic mass is 9.92. The van der Waals surface area contributed by atoms with Crippen LogP contribution in [0, 0.1) is 0 Å². The third-order valence-electron chi connectivity index (χ3n) is 3.58. The van der Waals surface area contributed by atoms with Crippen LogP contribution in [0.25, 0.3) is 11.0 Å². The fourth-order valence-electron chi connectivity index (χ4n) is 2.32. The number of carboxylic acid groups (broad SMARTS) is 1. The molecule has 1 atom stereocenters. The highest BCUT2D eigenvalue weighted by Gasteiger charge is 2.40. The second-order valence-corrected chi connectivity index (χ2v) is 5.27. The molecule has 3 rings (SSSR count). The van der Waals surface area contributed by atoms with Crippen molar-refractivity contribution < 1.29 is 9.90 Å². The van der Waals surface area contributed by atoms with Crippen molar-refractivity contribution in [1.82, 2.24) is 19.7 Å². The Morgan fingerprint density at radius 3 is 2.64 bits per heavy atom. The zero-order valence-corrected chi connectivity index (χ0v) is 12.3. The number of carbonyl (C=O) groups is 1. The van der Waals surface area contributed by atoms with E-state index in [1.807, 2.05) is 6.07 Å². The zero-order valence-electron chi connectivity index (χ0n) is 11.6. The van der Waals surface area contributed by atoms with E-state index in [-0.39, 0.29) is 16.7 Å². The number of benzene rings is 1. The Morgan fingerprint density at radius 2 is 2.00 bits per heavy atom. The molecule has 0 amide bonds. The van der Waals surface area contributed by atoms with Crippen LogP contribution in [0.1, 0.15) is 12.5 Å². The fourth-order valence-corrected chi connectivity index (χ4v) is 2.54. The Morgan fingerprint density at radius 1 is 1.32 bits per heavy atom. The lowest BCUT2D eigenvalue weighted by Crippen LogP contribution is -2.41. The van der Waals surface area contributed by atoms with Crippen molar-refractivity contribution in [2.45, 2.75) is 12.5 Å². The summed E-state index contributed by atoms with van der Waals surface area (Å²) in [6.07, 6.45) is 1.43. The number of aromatic nitrogens is 4. The summed E-state index contributed by atoms with van der Waals surface area (Å²) in [6.45, 7) is 1.54. The van der Waals surface area contributed by atoms with Crippen LogP contribution in [0.4, 0.5) is 5.95 Å². The molecule has 0 aliphatic carbocycles. The highest BCUT2D eigenvalue weighted by atomic mass is 35.5. The van der Waals surface area contributed by atoms with Crippen molar-refractivity contribution >= 4 is 34.6 Å². The average Bonchev–Trinajstić information content (AvgIpc) is 2.91. The molecule has 0 bridgehead atoms. The summed E-state index contributed by atoms with van der Waals surface area (Å²) >= 11 is 6.02. The Balaban J connectivity index is 2.34. The van der Waals surface area contributed by atoms with Crippen molar-refractivity contribution in [2.75, 3.05) is 5.73 Å². The van der Waals surface area contributed by atoms with E-state index >= 15 is 0 Å². The third kappa shape index (κ3) is 1.98. The van der Waals surface area contributed by atoms with Gasteiger partial charge in [-0.1, -0.05) is 41.9 Å². The van der Waals surface area contributed by atoms with E-state index in [1.165, 1.54) is 10.9 Å². The van der Waals surface area contributed by atoms with Crippen LogP contribution in [0.3, 0.4) is 0 Å². The van der Waals surface area contributed by atoms with Gasteiger partial charge in [0.2, 0.25) is 5.95 Å². The van der Waals surface area contributed by atoms with Gasteiger partial charge in [0, 0.05) is 0 Å². The third-order valence-corrected chi connectivity index (χ3v) is 3.86. The highest BCUT2D eigenvalue weighted by molar-refractivity contribution is 6.34. The van der Waals surface area contributed by atoms with Crippen LogP contribution in [0.2, 0.25) is 5.15 Å². The Bertz CT molecular complexity index is 864. The molecule has 0 saturated carbocycles. The SMILES string of the molecule is C[C@](C(=O)O)(c1ccccc1)n1ncc2c(Cl)nc(N)nc21. The standard InChI is InChI=1S/C14H12ClN5O2/c1-14(12(21)22,8-5-3-2-4-6-8)20-11-9(7-17-20)10(15)18-13(16)19-11/h2-7H,1H3,(H,21,22)(H2,16,18,19)/t14-/m1/s1. The minimum atomic E-state index is -1.45.